The molecule has 34 heavy (non-hydrogen) atoms. The molecule has 3 heterocycles. The highest BCUT2D eigenvalue weighted by molar-refractivity contribution is 5.78. The lowest BCUT2D eigenvalue weighted by molar-refractivity contribution is -0.126. The summed E-state index contributed by atoms with van der Waals surface area (Å²) in [6.45, 7) is 7.23. The highest BCUT2D eigenvalue weighted by Crippen LogP contribution is 2.27. The fraction of sp³-hybridized carbons (Fsp3) is 0.444. The monoisotopic (exact) mass is 459 g/mol. The molecule has 2 aromatic carbocycles. The van der Waals surface area contributed by atoms with Gasteiger partial charge in [0.2, 0.25) is 17.6 Å². The smallest absolute Gasteiger partial charge is 0.241 e. The summed E-state index contributed by atoms with van der Waals surface area (Å²) >= 11 is 0. The maximum atomic E-state index is 12.7. The van der Waals surface area contributed by atoms with Crippen LogP contribution in [-0.2, 0) is 17.8 Å². The van der Waals surface area contributed by atoms with Crippen molar-refractivity contribution >= 4 is 11.6 Å². The van der Waals surface area contributed by atoms with Gasteiger partial charge in [-0.1, -0.05) is 53.2 Å². The highest BCUT2D eigenvalue weighted by Gasteiger charge is 2.26. The molecule has 178 valence electrons. The van der Waals surface area contributed by atoms with Crippen LogP contribution in [-0.4, -0.2) is 53.7 Å². The number of aryl methyl sites for hydroxylation is 1. The van der Waals surface area contributed by atoms with Crippen LogP contribution in [0.2, 0.25) is 0 Å². The Kier molecular flexibility index (Phi) is 6.90. The van der Waals surface area contributed by atoms with Crippen LogP contribution < -0.4 is 10.2 Å². The molecule has 1 aromatic heterocycles. The average Bonchev–Trinajstić information content (AvgIpc) is 3.50. The molecule has 1 N–H and O–H groups in total. The summed E-state index contributed by atoms with van der Waals surface area (Å²) in [7, 11) is 0. The van der Waals surface area contributed by atoms with E-state index in [1.165, 1.54) is 16.8 Å². The molecule has 0 atom stereocenters. The van der Waals surface area contributed by atoms with Gasteiger partial charge in [0.05, 0.1) is 6.54 Å². The second-order valence-electron chi connectivity index (χ2n) is 9.44. The van der Waals surface area contributed by atoms with E-state index in [4.69, 9.17) is 4.52 Å². The molecule has 1 saturated heterocycles. The number of nitrogens with zero attached hydrogens (tertiary/aromatic N) is 4. The molecule has 7 nitrogen and oxygen atoms in total. The summed E-state index contributed by atoms with van der Waals surface area (Å²) in [6, 6.07) is 16.7. The fourth-order valence-electron chi connectivity index (χ4n) is 4.95. The van der Waals surface area contributed by atoms with Gasteiger partial charge in [-0.25, -0.2) is 0 Å². The van der Waals surface area contributed by atoms with Gasteiger partial charge in [0, 0.05) is 36.8 Å². The Bertz CT molecular complexity index is 1100. The molecular formula is C27H33N5O2. The molecule has 2 aliphatic rings. The maximum absolute atomic E-state index is 12.7. The molecule has 2 aliphatic heterocycles. The lowest BCUT2D eigenvalue weighted by atomic mass is 9.96. The van der Waals surface area contributed by atoms with Gasteiger partial charge in [0.25, 0.3) is 0 Å². The van der Waals surface area contributed by atoms with E-state index in [1.807, 2.05) is 24.3 Å². The van der Waals surface area contributed by atoms with Crippen LogP contribution in [0.15, 0.2) is 53.1 Å². The summed E-state index contributed by atoms with van der Waals surface area (Å²) in [4.78, 5) is 21.9. The molecule has 3 aromatic rings. The molecule has 5 rings (SSSR count). The van der Waals surface area contributed by atoms with E-state index >= 15 is 0 Å². The third-order valence-electron chi connectivity index (χ3n) is 6.98. The van der Waals surface area contributed by atoms with E-state index in [1.54, 1.807) is 0 Å². The van der Waals surface area contributed by atoms with Crippen molar-refractivity contribution in [3.8, 4) is 11.4 Å². The second-order valence-corrected chi connectivity index (χ2v) is 9.44. The van der Waals surface area contributed by atoms with E-state index < -0.39 is 0 Å². The van der Waals surface area contributed by atoms with E-state index in [0.29, 0.717) is 18.3 Å². The number of hydrogen-bond donors (Lipinski definition) is 1. The molecule has 1 fully saturated rings. The van der Waals surface area contributed by atoms with Gasteiger partial charge >= 0.3 is 0 Å². The fourth-order valence-corrected chi connectivity index (χ4v) is 4.95. The van der Waals surface area contributed by atoms with Crippen molar-refractivity contribution in [3.63, 3.8) is 0 Å². The molecule has 0 bridgehead atoms. The van der Waals surface area contributed by atoms with Crippen LogP contribution in [0.1, 0.15) is 36.3 Å². The topological polar surface area (TPSA) is 74.5 Å². The van der Waals surface area contributed by atoms with E-state index in [-0.39, 0.29) is 11.8 Å². The predicted molar refractivity (Wildman–Crippen MR) is 132 cm³/mol. The predicted octanol–water partition coefficient (Wildman–Crippen LogP) is 3.83. The lowest BCUT2D eigenvalue weighted by Gasteiger charge is -2.30. The lowest BCUT2D eigenvalue weighted by Crippen LogP contribution is -2.40. The number of carbonyl (C=O) groups excluding carboxylic acids is 1. The first kappa shape index (κ1) is 22.6. The van der Waals surface area contributed by atoms with Crippen molar-refractivity contribution < 1.29 is 9.32 Å². The first-order valence-electron chi connectivity index (χ1n) is 12.4. The summed E-state index contributed by atoms with van der Waals surface area (Å²) in [6.07, 6.45) is 3.83. The molecule has 0 aliphatic carbocycles. The number of nitrogens with one attached hydrogen (secondary N) is 1. The van der Waals surface area contributed by atoms with Crippen LogP contribution in [0.3, 0.4) is 0 Å². The van der Waals surface area contributed by atoms with Gasteiger partial charge in [-0.2, -0.15) is 4.98 Å². The van der Waals surface area contributed by atoms with Crippen LogP contribution in [0.4, 0.5) is 5.69 Å². The van der Waals surface area contributed by atoms with Crippen LogP contribution in [0.25, 0.3) is 11.4 Å². The van der Waals surface area contributed by atoms with Crippen molar-refractivity contribution in [2.24, 2.45) is 5.92 Å². The quantitative estimate of drug-likeness (QED) is 0.516. The van der Waals surface area contributed by atoms with Crippen molar-refractivity contribution in [2.45, 2.75) is 39.2 Å². The maximum Gasteiger partial charge on any atom is 0.241 e. The molecular weight excluding hydrogens is 426 g/mol. The summed E-state index contributed by atoms with van der Waals surface area (Å²) in [5.74, 6) is 1.54. The zero-order chi connectivity index (χ0) is 23.3. The summed E-state index contributed by atoms with van der Waals surface area (Å²) in [5.41, 5.74) is 4.96. The number of likely N-dealkylation sites (tertiary alicyclic amines) is 1. The number of piperidine rings is 1. The number of carbonyl (C=O) groups is 1. The first-order valence-corrected chi connectivity index (χ1v) is 12.4. The molecule has 0 unspecified atom stereocenters. The number of fused-ring (bicyclic) bond motifs is 1. The van der Waals surface area contributed by atoms with Crippen molar-refractivity contribution in [1.29, 1.82) is 0 Å². The SMILES string of the molecule is Cc1ccc(-c2noc(CN3CCC(C(=O)NCCCN4CCc5ccccc54)CC3)n2)cc1. The number of para-hydroxylation sites is 1. The number of anilines is 1. The van der Waals surface area contributed by atoms with Gasteiger partial charge in [0.1, 0.15) is 0 Å². The van der Waals surface area contributed by atoms with E-state index in [2.05, 4.69) is 56.4 Å². The minimum Gasteiger partial charge on any atom is -0.371 e. The minimum absolute atomic E-state index is 0.0922. The van der Waals surface area contributed by atoms with Gasteiger partial charge in [-0.15, -0.1) is 0 Å². The molecule has 7 heteroatoms. The largest absolute Gasteiger partial charge is 0.371 e. The first-order chi connectivity index (χ1) is 16.7. The van der Waals surface area contributed by atoms with Crippen molar-refractivity contribution in [2.75, 3.05) is 37.6 Å². The number of rotatable bonds is 8. The highest BCUT2D eigenvalue weighted by atomic mass is 16.5. The van der Waals surface area contributed by atoms with Crippen LogP contribution >= 0.6 is 0 Å². The summed E-state index contributed by atoms with van der Waals surface area (Å²) in [5, 5.41) is 7.29. The summed E-state index contributed by atoms with van der Waals surface area (Å²) < 4.78 is 5.47. The average molecular weight is 460 g/mol. The Morgan fingerprint density at radius 3 is 2.71 bits per heavy atom. The number of aromatic nitrogens is 2. The minimum atomic E-state index is 0.0922. The van der Waals surface area contributed by atoms with E-state index in [9.17, 15) is 4.79 Å². The van der Waals surface area contributed by atoms with Crippen LogP contribution in [0, 0.1) is 12.8 Å². The Morgan fingerprint density at radius 2 is 1.88 bits per heavy atom. The second kappa shape index (κ2) is 10.4. The number of benzene rings is 2. The zero-order valence-electron chi connectivity index (χ0n) is 19.9. The number of amides is 1. The van der Waals surface area contributed by atoms with E-state index in [0.717, 1.165) is 64.0 Å². The zero-order valence-corrected chi connectivity index (χ0v) is 19.9. The van der Waals surface area contributed by atoms with Gasteiger partial charge in [-0.3, -0.25) is 9.69 Å². The van der Waals surface area contributed by atoms with Crippen LogP contribution in [0.5, 0.6) is 0 Å². The van der Waals surface area contributed by atoms with Gasteiger partial charge in [-0.05, 0) is 57.3 Å². The van der Waals surface area contributed by atoms with Crippen molar-refractivity contribution in [1.82, 2.24) is 20.4 Å². The molecule has 0 spiro atoms. The normalized spacial score (nSPS) is 16.6. The Hall–Kier alpha value is -3.19. The Labute approximate surface area is 201 Å². The van der Waals surface area contributed by atoms with Gasteiger partial charge < -0.3 is 14.7 Å². The van der Waals surface area contributed by atoms with Crippen molar-refractivity contribution in [3.05, 3.63) is 65.5 Å². The third-order valence-corrected chi connectivity index (χ3v) is 6.98. The molecule has 1 amide bonds. The number of hydrogen-bond acceptors (Lipinski definition) is 6. The Balaban J connectivity index is 1.02. The molecule has 0 radical (unpaired) electrons. The Morgan fingerprint density at radius 1 is 1.09 bits per heavy atom. The third kappa shape index (κ3) is 5.30. The molecule has 0 saturated carbocycles. The standard InChI is InChI=1S/C27H33N5O2/c1-20-7-9-22(10-8-20)26-29-25(34-30-26)19-31-16-11-23(12-17-31)27(33)28-14-4-15-32-18-13-21-5-2-3-6-24(21)32/h2-3,5-10,23H,4,11-19H2,1H3,(H,28,33). The van der Waals surface area contributed by atoms with Gasteiger partial charge in [0.15, 0.2) is 0 Å².